The van der Waals surface area contributed by atoms with E-state index in [2.05, 4.69) is 58.5 Å². The van der Waals surface area contributed by atoms with Gasteiger partial charge in [-0.15, -0.1) is 0 Å². The van der Waals surface area contributed by atoms with Gasteiger partial charge in [-0.05, 0) is 44.2 Å². The average Bonchev–Trinajstić information content (AvgIpc) is 3.37. The zero-order valence-electron chi connectivity index (χ0n) is 17.5. The first-order valence-corrected chi connectivity index (χ1v) is 11.3. The maximum absolute atomic E-state index is 12.3. The summed E-state index contributed by atoms with van der Waals surface area (Å²) in [4.78, 5) is 21.0. The molecule has 1 saturated heterocycles. The molecule has 7 nitrogen and oxygen atoms in total. The Morgan fingerprint density at radius 3 is 2.97 bits per heavy atom. The second-order valence-electron chi connectivity index (χ2n) is 7.56. The minimum Gasteiger partial charge on any atom is -0.371 e. The number of aromatic nitrogens is 2. The van der Waals surface area contributed by atoms with Gasteiger partial charge >= 0.3 is 0 Å². The van der Waals surface area contributed by atoms with Crippen molar-refractivity contribution < 1.29 is 9.32 Å². The summed E-state index contributed by atoms with van der Waals surface area (Å²) in [6, 6.07) is 10.4. The van der Waals surface area contributed by atoms with Crippen molar-refractivity contribution >= 4 is 23.4 Å². The van der Waals surface area contributed by atoms with E-state index < -0.39 is 0 Å². The fourth-order valence-electron chi connectivity index (χ4n) is 3.54. The van der Waals surface area contributed by atoms with Crippen LogP contribution in [-0.2, 0) is 11.3 Å². The van der Waals surface area contributed by atoms with Crippen LogP contribution in [0.1, 0.15) is 37.2 Å². The van der Waals surface area contributed by atoms with E-state index in [0.29, 0.717) is 37.3 Å². The predicted molar refractivity (Wildman–Crippen MR) is 117 cm³/mol. The number of rotatable bonds is 10. The number of para-hydroxylation sites is 1. The van der Waals surface area contributed by atoms with Crippen molar-refractivity contribution in [3.05, 3.63) is 42.0 Å². The topological polar surface area (TPSA) is 74.5 Å². The van der Waals surface area contributed by atoms with Gasteiger partial charge in [0.05, 0.1) is 18.3 Å². The lowest BCUT2D eigenvalue weighted by Crippen LogP contribution is -2.38. The van der Waals surface area contributed by atoms with Crippen molar-refractivity contribution in [3.8, 4) is 0 Å². The Hall–Kier alpha value is -2.06. The highest BCUT2D eigenvalue weighted by atomic mass is 32.2. The van der Waals surface area contributed by atoms with E-state index in [1.807, 2.05) is 18.0 Å². The zero-order valence-corrected chi connectivity index (χ0v) is 18.3. The van der Waals surface area contributed by atoms with E-state index in [9.17, 15) is 4.79 Å². The molecule has 1 aliphatic rings. The van der Waals surface area contributed by atoms with Crippen LogP contribution in [0.15, 0.2) is 34.9 Å². The first kappa shape index (κ1) is 21.6. The monoisotopic (exact) mass is 417 g/mol. The van der Waals surface area contributed by atoms with Crippen LogP contribution in [0.5, 0.6) is 0 Å². The summed E-state index contributed by atoms with van der Waals surface area (Å²) in [6.45, 7) is 7.70. The molecule has 1 fully saturated rings. The van der Waals surface area contributed by atoms with Crippen LogP contribution in [-0.4, -0.2) is 59.9 Å². The first-order chi connectivity index (χ1) is 14.0. The van der Waals surface area contributed by atoms with Crippen molar-refractivity contribution in [3.63, 3.8) is 0 Å². The molecule has 1 amide bonds. The number of carbonyl (C=O) groups excluding carboxylic acids is 1. The van der Waals surface area contributed by atoms with Gasteiger partial charge in [-0.2, -0.15) is 16.7 Å². The summed E-state index contributed by atoms with van der Waals surface area (Å²) in [5.41, 5.74) is 1.26. The number of likely N-dealkylation sites (N-methyl/N-ethyl adjacent to an activating group) is 1. The Balaban J connectivity index is 1.37. The van der Waals surface area contributed by atoms with Gasteiger partial charge in [0.1, 0.15) is 0 Å². The van der Waals surface area contributed by atoms with Crippen molar-refractivity contribution in [2.75, 3.05) is 43.9 Å². The van der Waals surface area contributed by atoms with Gasteiger partial charge in [0.2, 0.25) is 11.8 Å². The fourth-order valence-corrected chi connectivity index (χ4v) is 4.29. The number of anilines is 1. The van der Waals surface area contributed by atoms with E-state index >= 15 is 0 Å². The second-order valence-corrected chi connectivity index (χ2v) is 9.17. The molecule has 2 heterocycles. The van der Waals surface area contributed by atoms with Gasteiger partial charge in [-0.3, -0.25) is 9.69 Å². The number of hydrogen-bond donors (Lipinski definition) is 1. The molecule has 0 aliphatic carbocycles. The van der Waals surface area contributed by atoms with E-state index in [1.54, 1.807) is 11.8 Å². The highest BCUT2D eigenvalue weighted by molar-refractivity contribution is 7.99. The largest absolute Gasteiger partial charge is 0.371 e. The maximum Gasteiger partial charge on any atom is 0.240 e. The molecule has 2 aromatic rings. The Kier molecular flexibility index (Phi) is 7.94. The summed E-state index contributed by atoms with van der Waals surface area (Å²) in [5, 5.41) is 7.34. The average molecular weight is 418 g/mol. The fraction of sp³-hybridized carbons (Fsp3) is 0.571. The smallest absolute Gasteiger partial charge is 0.240 e. The Bertz CT molecular complexity index is 769. The molecule has 2 atom stereocenters. The third-order valence-electron chi connectivity index (χ3n) is 5.08. The molecule has 8 heteroatoms. The molecule has 0 saturated carbocycles. The molecular formula is C21H31N5O2S. The number of nitrogens with zero attached hydrogens (tertiary/aromatic N) is 4. The van der Waals surface area contributed by atoms with Crippen molar-refractivity contribution in [2.45, 2.75) is 32.1 Å². The molecule has 1 aromatic carbocycles. The summed E-state index contributed by atoms with van der Waals surface area (Å²) >= 11 is 1.78. The van der Waals surface area contributed by atoms with Gasteiger partial charge < -0.3 is 14.7 Å². The Labute approximate surface area is 177 Å². The summed E-state index contributed by atoms with van der Waals surface area (Å²) in [6.07, 6.45) is 1.10. The highest BCUT2D eigenvalue weighted by Gasteiger charge is 2.23. The van der Waals surface area contributed by atoms with E-state index in [1.165, 1.54) is 5.69 Å². The minimum atomic E-state index is 0.0281. The van der Waals surface area contributed by atoms with Crippen LogP contribution in [0.4, 0.5) is 5.69 Å². The van der Waals surface area contributed by atoms with Gasteiger partial charge in [0.25, 0.3) is 0 Å². The highest BCUT2D eigenvalue weighted by Crippen LogP contribution is 2.25. The van der Waals surface area contributed by atoms with Gasteiger partial charge in [-0.25, -0.2) is 0 Å². The summed E-state index contributed by atoms with van der Waals surface area (Å²) < 4.78 is 5.33. The van der Waals surface area contributed by atoms with E-state index in [4.69, 9.17) is 4.52 Å². The van der Waals surface area contributed by atoms with Crippen LogP contribution < -0.4 is 10.2 Å². The van der Waals surface area contributed by atoms with Crippen LogP contribution in [0.2, 0.25) is 0 Å². The lowest BCUT2D eigenvalue weighted by molar-refractivity contribution is -0.122. The van der Waals surface area contributed by atoms with Gasteiger partial charge in [0.15, 0.2) is 5.82 Å². The molecule has 0 spiro atoms. The Morgan fingerprint density at radius 2 is 2.21 bits per heavy atom. The number of hydrogen-bond acceptors (Lipinski definition) is 7. The van der Waals surface area contributed by atoms with Gasteiger partial charge in [0, 0.05) is 25.3 Å². The maximum atomic E-state index is 12.3. The third kappa shape index (κ3) is 6.47. The van der Waals surface area contributed by atoms with Crippen LogP contribution >= 0.6 is 11.8 Å². The van der Waals surface area contributed by atoms with Crippen LogP contribution in [0.25, 0.3) is 0 Å². The normalized spacial score (nSPS) is 17.7. The molecule has 29 heavy (non-hydrogen) atoms. The molecule has 1 aliphatic heterocycles. The van der Waals surface area contributed by atoms with Crippen molar-refractivity contribution in [1.82, 2.24) is 20.4 Å². The quantitative estimate of drug-likeness (QED) is 0.637. The zero-order chi connectivity index (χ0) is 20.6. The number of thioether (sulfide) groups is 1. The molecular weight excluding hydrogens is 386 g/mol. The lowest BCUT2D eigenvalue weighted by Gasteiger charge is -2.19. The van der Waals surface area contributed by atoms with Crippen molar-refractivity contribution in [2.24, 2.45) is 5.92 Å². The lowest BCUT2D eigenvalue weighted by atomic mass is 10.1. The SMILES string of the molecule is CCS[C@@H](C)c1noc(CN(C)CC(=O)NC[C@H]2CCN(c3ccccc3)C2)n1. The number of benzene rings is 1. The van der Waals surface area contributed by atoms with Crippen molar-refractivity contribution in [1.29, 1.82) is 0 Å². The number of carbonyl (C=O) groups is 1. The van der Waals surface area contributed by atoms with Crippen LogP contribution in [0.3, 0.4) is 0 Å². The van der Waals surface area contributed by atoms with Gasteiger partial charge in [-0.1, -0.05) is 30.3 Å². The molecule has 0 radical (unpaired) electrons. The number of nitrogens with one attached hydrogen (secondary N) is 1. The first-order valence-electron chi connectivity index (χ1n) is 10.2. The molecule has 158 valence electrons. The molecule has 0 bridgehead atoms. The van der Waals surface area contributed by atoms with Crippen LogP contribution in [0, 0.1) is 5.92 Å². The third-order valence-corrected chi connectivity index (χ3v) is 6.12. The summed E-state index contributed by atoms with van der Waals surface area (Å²) in [5.74, 6) is 2.79. The number of amides is 1. The molecule has 1 N–H and O–H groups in total. The second kappa shape index (κ2) is 10.6. The Morgan fingerprint density at radius 1 is 1.41 bits per heavy atom. The standard InChI is InChI=1S/C21H31N5O2S/c1-4-29-16(2)21-23-20(28-24-21)15-25(3)14-19(27)22-12-17-10-11-26(13-17)18-8-6-5-7-9-18/h5-9,16-17H,4,10-15H2,1-3H3,(H,22,27)/t16-,17+/m0/s1. The summed E-state index contributed by atoms with van der Waals surface area (Å²) in [7, 11) is 1.89. The van der Waals surface area contributed by atoms with E-state index in [-0.39, 0.29) is 11.2 Å². The predicted octanol–water partition coefficient (Wildman–Crippen LogP) is 2.96. The molecule has 3 rings (SSSR count). The molecule has 0 unspecified atom stereocenters. The van der Waals surface area contributed by atoms with E-state index in [0.717, 1.165) is 25.3 Å². The molecule has 1 aromatic heterocycles. The minimum absolute atomic E-state index is 0.0281.